The zero-order chi connectivity index (χ0) is 10.3. The van der Waals surface area contributed by atoms with Gasteiger partial charge < -0.3 is 0 Å². The van der Waals surface area contributed by atoms with E-state index in [1.807, 2.05) is 6.07 Å². The van der Waals surface area contributed by atoms with Crippen LogP contribution in [0.1, 0.15) is 12.5 Å². The van der Waals surface area contributed by atoms with E-state index in [-0.39, 0.29) is 4.90 Å². The second-order valence-corrected chi connectivity index (χ2v) is 6.40. The summed E-state index contributed by atoms with van der Waals surface area (Å²) in [6, 6.07) is 5.27. The highest BCUT2D eigenvalue weighted by atomic mass is 32.2. The Balaban J connectivity index is 2.62. The number of benzene rings is 1. The van der Waals surface area contributed by atoms with Crippen molar-refractivity contribution in [2.45, 2.75) is 28.4 Å². The van der Waals surface area contributed by atoms with Crippen LogP contribution >= 0.6 is 11.8 Å². The minimum Gasteiger partial charge on any atom is -0.225 e. The maximum absolute atomic E-state index is 11.3. The van der Waals surface area contributed by atoms with Gasteiger partial charge in [-0.1, -0.05) is 19.1 Å². The van der Waals surface area contributed by atoms with Crippen LogP contribution in [0.25, 0.3) is 0 Å². The Morgan fingerprint density at radius 3 is 2.86 bits per heavy atom. The second-order valence-electron chi connectivity index (χ2n) is 3.42. The standard InChI is InChI=1S/C9H11NO2S2/c1-6-5-7-3-2-4-8(9(7)13-6)14(10,11)12/h2-4,6H,5H2,1H3,(H2,10,11,12). The summed E-state index contributed by atoms with van der Waals surface area (Å²) >= 11 is 1.59. The summed E-state index contributed by atoms with van der Waals surface area (Å²) in [6.45, 7) is 2.08. The predicted octanol–water partition coefficient (Wildman–Crippen LogP) is 1.37. The van der Waals surface area contributed by atoms with Crippen LogP contribution < -0.4 is 5.14 Å². The molecule has 0 fully saturated rings. The summed E-state index contributed by atoms with van der Waals surface area (Å²) in [4.78, 5) is 1.10. The molecular formula is C9H11NO2S2. The molecule has 1 aliphatic rings. The van der Waals surface area contributed by atoms with Crippen molar-refractivity contribution in [1.29, 1.82) is 0 Å². The molecule has 0 spiro atoms. The van der Waals surface area contributed by atoms with Crippen LogP contribution in [0.4, 0.5) is 0 Å². The fourth-order valence-electron chi connectivity index (χ4n) is 1.63. The van der Waals surface area contributed by atoms with Crippen LogP contribution in [0, 0.1) is 0 Å². The average molecular weight is 229 g/mol. The number of sulfonamides is 1. The Labute approximate surface area is 87.7 Å². The summed E-state index contributed by atoms with van der Waals surface area (Å²) < 4.78 is 22.5. The lowest BCUT2D eigenvalue weighted by molar-refractivity contribution is 0.595. The molecule has 1 aromatic carbocycles. The third-order valence-electron chi connectivity index (χ3n) is 2.19. The van der Waals surface area contributed by atoms with Crippen molar-refractivity contribution in [2.24, 2.45) is 5.14 Å². The molecule has 0 saturated carbocycles. The highest BCUT2D eigenvalue weighted by Gasteiger charge is 2.25. The molecular weight excluding hydrogens is 218 g/mol. The smallest absolute Gasteiger partial charge is 0.225 e. The molecule has 0 saturated heterocycles. The van der Waals surface area contributed by atoms with Crippen LogP contribution in [0.3, 0.4) is 0 Å². The maximum Gasteiger partial charge on any atom is 0.239 e. The van der Waals surface area contributed by atoms with Gasteiger partial charge in [-0.25, -0.2) is 13.6 Å². The molecule has 14 heavy (non-hydrogen) atoms. The van der Waals surface area contributed by atoms with E-state index in [1.165, 1.54) is 0 Å². The number of primary sulfonamides is 1. The van der Waals surface area contributed by atoms with Crippen LogP contribution in [-0.2, 0) is 16.4 Å². The molecule has 5 heteroatoms. The van der Waals surface area contributed by atoms with Gasteiger partial charge in [0.15, 0.2) is 0 Å². The van der Waals surface area contributed by atoms with E-state index in [0.717, 1.165) is 16.9 Å². The Bertz CT molecular complexity index is 468. The number of rotatable bonds is 1. The van der Waals surface area contributed by atoms with E-state index in [9.17, 15) is 8.42 Å². The summed E-state index contributed by atoms with van der Waals surface area (Å²) in [5.41, 5.74) is 1.09. The van der Waals surface area contributed by atoms with E-state index in [1.54, 1.807) is 23.9 Å². The summed E-state index contributed by atoms with van der Waals surface area (Å²) in [5, 5.41) is 5.57. The largest absolute Gasteiger partial charge is 0.239 e. The van der Waals surface area contributed by atoms with E-state index in [0.29, 0.717) is 5.25 Å². The lowest BCUT2D eigenvalue weighted by Gasteiger charge is -2.04. The monoisotopic (exact) mass is 229 g/mol. The second kappa shape index (κ2) is 3.25. The molecule has 0 bridgehead atoms. The number of hydrogen-bond acceptors (Lipinski definition) is 3. The highest BCUT2D eigenvalue weighted by molar-refractivity contribution is 8.01. The molecule has 2 N–H and O–H groups in total. The molecule has 1 aliphatic heterocycles. The van der Waals surface area contributed by atoms with Gasteiger partial charge in [-0.2, -0.15) is 0 Å². The Kier molecular flexibility index (Phi) is 2.33. The van der Waals surface area contributed by atoms with E-state index >= 15 is 0 Å². The molecule has 1 aromatic rings. The van der Waals surface area contributed by atoms with Gasteiger partial charge in [0.2, 0.25) is 10.0 Å². The molecule has 0 aromatic heterocycles. The lowest BCUT2D eigenvalue weighted by Crippen LogP contribution is -2.13. The van der Waals surface area contributed by atoms with Crippen LogP contribution in [0.2, 0.25) is 0 Å². The van der Waals surface area contributed by atoms with Gasteiger partial charge in [-0.3, -0.25) is 0 Å². The molecule has 3 nitrogen and oxygen atoms in total. The van der Waals surface area contributed by atoms with Crippen molar-refractivity contribution in [3.63, 3.8) is 0 Å². The highest BCUT2D eigenvalue weighted by Crippen LogP contribution is 2.40. The molecule has 1 atom stereocenters. The van der Waals surface area contributed by atoms with Crippen LogP contribution in [0.15, 0.2) is 28.0 Å². The summed E-state index contributed by atoms with van der Waals surface area (Å²) in [6.07, 6.45) is 0.920. The Hall–Kier alpha value is -0.520. The van der Waals surface area contributed by atoms with Gasteiger partial charge in [0.25, 0.3) is 0 Å². The third kappa shape index (κ3) is 1.67. The van der Waals surface area contributed by atoms with Crippen LogP contribution in [0.5, 0.6) is 0 Å². The van der Waals surface area contributed by atoms with E-state index in [4.69, 9.17) is 5.14 Å². The molecule has 2 rings (SSSR count). The topological polar surface area (TPSA) is 60.2 Å². The first kappa shape index (κ1) is 10.0. The minimum absolute atomic E-state index is 0.268. The lowest BCUT2D eigenvalue weighted by atomic mass is 10.1. The normalized spacial score (nSPS) is 20.9. The molecule has 76 valence electrons. The predicted molar refractivity (Wildman–Crippen MR) is 56.8 cm³/mol. The van der Waals surface area contributed by atoms with Gasteiger partial charge in [-0.15, -0.1) is 11.8 Å². The Morgan fingerprint density at radius 1 is 1.50 bits per heavy atom. The van der Waals surface area contributed by atoms with Gasteiger partial charge in [-0.05, 0) is 18.1 Å². The van der Waals surface area contributed by atoms with Gasteiger partial charge >= 0.3 is 0 Å². The molecule has 1 unspecified atom stereocenters. The molecule has 0 amide bonds. The quantitative estimate of drug-likeness (QED) is 0.791. The third-order valence-corrected chi connectivity index (χ3v) is 4.56. The summed E-state index contributed by atoms with van der Waals surface area (Å²) in [7, 11) is -3.57. The number of nitrogens with two attached hydrogens (primary N) is 1. The molecule has 0 aliphatic carbocycles. The van der Waals surface area contributed by atoms with Gasteiger partial charge in [0, 0.05) is 10.1 Å². The van der Waals surface area contributed by atoms with Crippen molar-refractivity contribution >= 4 is 21.8 Å². The number of hydrogen-bond donors (Lipinski definition) is 1. The van der Waals surface area contributed by atoms with Gasteiger partial charge in [0.05, 0.1) is 4.90 Å². The SMILES string of the molecule is CC1Cc2cccc(S(N)(=O)=O)c2S1. The van der Waals surface area contributed by atoms with Crippen molar-refractivity contribution in [1.82, 2.24) is 0 Å². The zero-order valence-corrected chi connectivity index (χ0v) is 9.36. The number of fused-ring (bicyclic) bond motifs is 1. The van der Waals surface area contributed by atoms with Crippen molar-refractivity contribution in [3.05, 3.63) is 23.8 Å². The first-order chi connectivity index (χ1) is 6.48. The first-order valence-electron chi connectivity index (χ1n) is 4.30. The first-order valence-corrected chi connectivity index (χ1v) is 6.72. The fourth-order valence-corrected chi connectivity index (χ4v) is 3.94. The van der Waals surface area contributed by atoms with E-state index < -0.39 is 10.0 Å². The average Bonchev–Trinajstić information content (AvgIpc) is 2.41. The van der Waals surface area contributed by atoms with Crippen molar-refractivity contribution in [3.8, 4) is 0 Å². The molecule has 1 heterocycles. The maximum atomic E-state index is 11.3. The minimum atomic E-state index is -3.57. The summed E-state index contributed by atoms with van der Waals surface area (Å²) in [5.74, 6) is 0. The Morgan fingerprint density at radius 2 is 2.21 bits per heavy atom. The van der Waals surface area contributed by atoms with Crippen molar-refractivity contribution in [2.75, 3.05) is 0 Å². The van der Waals surface area contributed by atoms with Gasteiger partial charge in [0.1, 0.15) is 0 Å². The zero-order valence-electron chi connectivity index (χ0n) is 7.73. The number of thioether (sulfide) groups is 1. The molecule has 0 radical (unpaired) electrons. The van der Waals surface area contributed by atoms with E-state index in [2.05, 4.69) is 6.92 Å². The van der Waals surface area contributed by atoms with Crippen molar-refractivity contribution < 1.29 is 8.42 Å². The fraction of sp³-hybridized carbons (Fsp3) is 0.333. The van der Waals surface area contributed by atoms with Crippen LogP contribution in [-0.4, -0.2) is 13.7 Å².